The molecule has 0 saturated carbocycles. The number of carbonyl (C=O) groups excluding carboxylic acids is 2. The van der Waals surface area contributed by atoms with Crippen LogP contribution in [-0.2, 0) is 11.2 Å². The molecular formula is C24H22FN5O3. The largest absolute Gasteiger partial charge is 0.395 e. The number of fused-ring (bicyclic) bond motifs is 1. The zero-order valence-electron chi connectivity index (χ0n) is 17.6. The lowest BCUT2D eigenvalue weighted by Crippen LogP contribution is -2.37. The normalized spacial score (nSPS) is 10.8. The van der Waals surface area contributed by atoms with E-state index < -0.39 is 11.8 Å². The zero-order chi connectivity index (χ0) is 23.4. The minimum atomic E-state index is -0.622. The first kappa shape index (κ1) is 22.0. The van der Waals surface area contributed by atoms with E-state index in [4.69, 9.17) is 5.73 Å². The maximum Gasteiger partial charge on any atom is 0.326 e. The van der Waals surface area contributed by atoms with Gasteiger partial charge in [-0.3, -0.25) is 10.00 Å². The molecule has 9 heteroatoms. The van der Waals surface area contributed by atoms with Gasteiger partial charge in [-0.05, 0) is 47.0 Å². The molecule has 0 unspecified atom stereocenters. The first-order chi connectivity index (χ1) is 16.0. The third-order valence-corrected chi connectivity index (χ3v) is 5.27. The van der Waals surface area contributed by atoms with E-state index in [2.05, 4.69) is 15.5 Å². The van der Waals surface area contributed by atoms with Crippen molar-refractivity contribution in [3.63, 3.8) is 0 Å². The van der Waals surface area contributed by atoms with Gasteiger partial charge >= 0.3 is 6.03 Å². The molecule has 4 rings (SSSR count). The standard InChI is InChI=1S/C24H22FN5O3/c25-19-9-4-15(10-12-31)14-21(19)27-24(33)30(11-13-32)17-7-5-16(6-8-17)18-2-1-3-20-22(18)23(26)29-28-20/h1-9,12,14,32H,10-11,13H2,(H,27,33)(H3,26,28,29). The Labute approximate surface area is 188 Å². The predicted molar refractivity (Wildman–Crippen MR) is 126 cm³/mol. The summed E-state index contributed by atoms with van der Waals surface area (Å²) in [5, 5.41) is 19.7. The summed E-state index contributed by atoms with van der Waals surface area (Å²) in [6.45, 7) is -0.279. The van der Waals surface area contributed by atoms with Gasteiger partial charge in [0.2, 0.25) is 0 Å². The summed E-state index contributed by atoms with van der Waals surface area (Å²) in [4.78, 5) is 25.0. The molecule has 0 radical (unpaired) electrons. The number of aldehydes is 1. The van der Waals surface area contributed by atoms with Crippen LogP contribution in [0.25, 0.3) is 22.0 Å². The Morgan fingerprint density at radius 1 is 1.18 bits per heavy atom. The summed E-state index contributed by atoms with van der Waals surface area (Å²) >= 11 is 0. The summed E-state index contributed by atoms with van der Waals surface area (Å²) in [6, 6.07) is 16.3. The molecule has 0 aliphatic rings. The van der Waals surface area contributed by atoms with E-state index in [1.807, 2.05) is 30.3 Å². The van der Waals surface area contributed by atoms with E-state index in [9.17, 15) is 19.1 Å². The number of aliphatic hydroxyl groups is 1. The Morgan fingerprint density at radius 3 is 2.70 bits per heavy atom. The molecule has 168 valence electrons. The molecule has 8 nitrogen and oxygen atoms in total. The van der Waals surface area contributed by atoms with Crippen molar-refractivity contribution in [1.82, 2.24) is 10.2 Å². The highest BCUT2D eigenvalue weighted by atomic mass is 19.1. The molecular weight excluding hydrogens is 425 g/mol. The van der Waals surface area contributed by atoms with Crippen LogP contribution in [0.4, 0.5) is 26.4 Å². The molecule has 2 amide bonds. The van der Waals surface area contributed by atoms with Crippen molar-refractivity contribution in [3.05, 3.63) is 72.0 Å². The number of aliphatic hydroxyl groups excluding tert-OH is 1. The number of nitrogens with one attached hydrogen (secondary N) is 2. The number of halogens is 1. The molecule has 0 atom stereocenters. The summed E-state index contributed by atoms with van der Waals surface area (Å²) in [5.41, 5.74) is 9.63. The molecule has 3 aromatic carbocycles. The number of nitrogens with zero attached hydrogens (tertiary/aromatic N) is 2. The SMILES string of the molecule is Nc1n[nH]c2cccc(-c3ccc(N(CCO)C(=O)Nc4cc(CC=O)ccc4F)cc3)c12. The van der Waals surface area contributed by atoms with Gasteiger partial charge in [0, 0.05) is 12.1 Å². The number of rotatable bonds is 7. The summed E-state index contributed by atoms with van der Waals surface area (Å²) in [5.74, 6) is -0.229. The third-order valence-electron chi connectivity index (χ3n) is 5.27. The number of hydrogen-bond acceptors (Lipinski definition) is 5. The second kappa shape index (κ2) is 9.49. The molecule has 33 heavy (non-hydrogen) atoms. The van der Waals surface area contributed by atoms with Crippen LogP contribution in [0.15, 0.2) is 60.7 Å². The molecule has 0 aliphatic heterocycles. The average molecular weight is 447 g/mol. The first-order valence-electron chi connectivity index (χ1n) is 10.3. The number of nitrogen functional groups attached to an aromatic ring is 1. The van der Waals surface area contributed by atoms with Crippen LogP contribution >= 0.6 is 0 Å². The molecule has 0 bridgehead atoms. The molecule has 4 aromatic rings. The van der Waals surface area contributed by atoms with Gasteiger partial charge in [-0.15, -0.1) is 0 Å². The molecule has 0 spiro atoms. The van der Waals surface area contributed by atoms with E-state index in [-0.39, 0.29) is 25.3 Å². The number of urea groups is 1. The smallest absolute Gasteiger partial charge is 0.326 e. The summed E-state index contributed by atoms with van der Waals surface area (Å²) in [6.07, 6.45) is 0.814. The lowest BCUT2D eigenvalue weighted by atomic mass is 10.0. The molecule has 0 aliphatic carbocycles. The van der Waals surface area contributed by atoms with Crippen LogP contribution in [0.1, 0.15) is 5.56 Å². The highest BCUT2D eigenvalue weighted by molar-refractivity contribution is 6.03. The van der Waals surface area contributed by atoms with Gasteiger partial charge in [-0.1, -0.05) is 30.3 Å². The minimum absolute atomic E-state index is 0.00505. The topological polar surface area (TPSA) is 124 Å². The van der Waals surface area contributed by atoms with Crippen molar-refractivity contribution in [3.8, 4) is 11.1 Å². The minimum Gasteiger partial charge on any atom is -0.395 e. The molecule has 0 saturated heterocycles. The van der Waals surface area contributed by atoms with Crippen molar-refractivity contribution in [2.75, 3.05) is 29.1 Å². The van der Waals surface area contributed by atoms with Gasteiger partial charge in [-0.25, -0.2) is 9.18 Å². The number of benzene rings is 3. The Bertz CT molecular complexity index is 1300. The Hall–Kier alpha value is -4.24. The predicted octanol–water partition coefficient (Wildman–Crippen LogP) is 3.72. The number of H-pyrrole nitrogens is 1. The number of carbonyl (C=O) groups is 2. The quantitative estimate of drug-likeness (QED) is 0.322. The molecule has 1 heterocycles. The van der Waals surface area contributed by atoms with Crippen LogP contribution in [0.2, 0.25) is 0 Å². The zero-order valence-corrected chi connectivity index (χ0v) is 17.6. The third kappa shape index (κ3) is 4.53. The van der Waals surface area contributed by atoms with Gasteiger partial charge < -0.3 is 21.0 Å². The van der Waals surface area contributed by atoms with E-state index in [0.29, 0.717) is 23.4 Å². The molecule has 1 aromatic heterocycles. The fraction of sp³-hybridized carbons (Fsp3) is 0.125. The van der Waals surface area contributed by atoms with Crippen molar-refractivity contribution in [2.45, 2.75) is 6.42 Å². The number of anilines is 3. The fourth-order valence-corrected chi connectivity index (χ4v) is 3.68. The van der Waals surface area contributed by atoms with E-state index in [0.717, 1.165) is 22.0 Å². The van der Waals surface area contributed by atoms with Crippen LogP contribution in [0, 0.1) is 5.82 Å². The second-order valence-electron chi connectivity index (χ2n) is 7.37. The van der Waals surface area contributed by atoms with Crippen molar-refractivity contribution in [2.24, 2.45) is 0 Å². The van der Waals surface area contributed by atoms with Crippen LogP contribution in [-0.4, -0.2) is 40.8 Å². The van der Waals surface area contributed by atoms with Crippen LogP contribution in [0.3, 0.4) is 0 Å². The number of nitrogens with two attached hydrogens (primary N) is 1. The van der Waals surface area contributed by atoms with E-state index in [1.165, 1.54) is 23.1 Å². The van der Waals surface area contributed by atoms with E-state index >= 15 is 0 Å². The maximum absolute atomic E-state index is 14.2. The highest BCUT2D eigenvalue weighted by Crippen LogP contribution is 2.32. The van der Waals surface area contributed by atoms with Crippen molar-refractivity contribution >= 4 is 40.4 Å². The van der Waals surface area contributed by atoms with Gasteiger partial charge in [0.05, 0.1) is 29.7 Å². The Morgan fingerprint density at radius 2 is 1.97 bits per heavy atom. The van der Waals surface area contributed by atoms with Gasteiger partial charge in [0.15, 0.2) is 5.82 Å². The number of aromatic nitrogens is 2. The van der Waals surface area contributed by atoms with Crippen molar-refractivity contribution < 1.29 is 19.1 Å². The monoisotopic (exact) mass is 447 g/mol. The lowest BCUT2D eigenvalue weighted by molar-refractivity contribution is -0.107. The number of amides is 2. The van der Waals surface area contributed by atoms with Gasteiger partial charge in [-0.2, -0.15) is 5.10 Å². The average Bonchev–Trinajstić information content (AvgIpc) is 3.21. The molecule has 0 fully saturated rings. The maximum atomic E-state index is 14.2. The Balaban J connectivity index is 1.60. The number of aromatic amines is 1. The summed E-state index contributed by atoms with van der Waals surface area (Å²) < 4.78 is 14.2. The number of hydrogen-bond donors (Lipinski definition) is 4. The van der Waals surface area contributed by atoms with Crippen LogP contribution < -0.4 is 16.0 Å². The highest BCUT2D eigenvalue weighted by Gasteiger charge is 2.18. The lowest BCUT2D eigenvalue weighted by Gasteiger charge is -2.23. The summed E-state index contributed by atoms with van der Waals surface area (Å²) in [7, 11) is 0. The van der Waals surface area contributed by atoms with Crippen LogP contribution in [0.5, 0.6) is 0 Å². The second-order valence-corrected chi connectivity index (χ2v) is 7.37. The van der Waals surface area contributed by atoms with E-state index in [1.54, 1.807) is 12.1 Å². The van der Waals surface area contributed by atoms with Gasteiger partial charge in [0.1, 0.15) is 12.1 Å². The molecule has 5 N–H and O–H groups in total. The van der Waals surface area contributed by atoms with Gasteiger partial charge in [0.25, 0.3) is 0 Å². The Kier molecular flexibility index (Phi) is 6.32. The van der Waals surface area contributed by atoms with Crippen molar-refractivity contribution in [1.29, 1.82) is 0 Å². The first-order valence-corrected chi connectivity index (χ1v) is 10.3. The fourth-order valence-electron chi connectivity index (χ4n) is 3.68.